The van der Waals surface area contributed by atoms with E-state index in [1.807, 2.05) is 13.8 Å². The van der Waals surface area contributed by atoms with E-state index in [0.29, 0.717) is 0 Å². The minimum absolute atomic E-state index is 0.161. The molecule has 0 saturated heterocycles. The number of hydrogen-bond acceptors (Lipinski definition) is 1. The number of aryl methyl sites for hydroxylation is 2. The largest absolute Gasteiger partial charge is 0.311 e. The molecule has 0 N–H and O–H groups in total. The normalized spacial score (nSPS) is 10.9. The molecule has 0 heterocycles. The molecule has 0 spiro atoms. The van der Waals surface area contributed by atoms with Crippen molar-refractivity contribution in [3.63, 3.8) is 0 Å². The summed E-state index contributed by atoms with van der Waals surface area (Å²) >= 11 is 0. The average molecular weight is 402 g/mol. The molecule has 0 fully saturated rings. The summed E-state index contributed by atoms with van der Waals surface area (Å²) in [5.74, 6) is 0. The maximum Gasteiger partial charge on any atom is 0.0461 e. The van der Waals surface area contributed by atoms with Crippen LogP contribution in [0.15, 0.2) is 72.8 Å². The summed E-state index contributed by atoms with van der Waals surface area (Å²) in [7, 11) is 0. The number of anilines is 3. The number of nitrogens with zero attached hydrogens (tertiary/aromatic N) is 1. The van der Waals surface area contributed by atoms with Gasteiger partial charge in [-0.3, -0.25) is 0 Å². The van der Waals surface area contributed by atoms with Gasteiger partial charge in [0.2, 0.25) is 0 Å². The van der Waals surface area contributed by atoms with Crippen LogP contribution in [0.25, 0.3) is 0 Å². The maximum absolute atomic E-state index is 2.34. The van der Waals surface area contributed by atoms with Crippen LogP contribution < -0.4 is 4.90 Å². The third-order valence-electron chi connectivity index (χ3n) is 5.30. The van der Waals surface area contributed by atoms with Gasteiger partial charge in [-0.15, -0.1) is 0 Å². The average Bonchev–Trinajstić information content (AvgIpc) is 2.76. The molecule has 0 atom stereocenters. The Hall–Kier alpha value is -2.54. The third kappa shape index (κ3) is 6.23. The van der Waals surface area contributed by atoms with E-state index in [0.717, 1.165) is 6.42 Å². The van der Waals surface area contributed by atoms with Crippen molar-refractivity contribution in [2.24, 2.45) is 0 Å². The Morgan fingerprint density at radius 1 is 0.667 bits per heavy atom. The molecular weight excluding hydrogens is 362 g/mol. The lowest BCUT2D eigenvalue weighted by molar-refractivity contribution is 0.590. The highest BCUT2D eigenvalue weighted by Crippen LogP contribution is 2.36. The van der Waals surface area contributed by atoms with E-state index in [9.17, 15) is 0 Å². The van der Waals surface area contributed by atoms with E-state index in [-0.39, 0.29) is 5.41 Å². The van der Waals surface area contributed by atoms with Crippen molar-refractivity contribution < 1.29 is 0 Å². The fraction of sp³-hybridized carbons (Fsp3) is 0.379. The van der Waals surface area contributed by atoms with Crippen molar-refractivity contribution in [3.05, 3.63) is 89.5 Å². The SMILES string of the molecule is CC.CCCCc1ccc(N(c2ccc(C)cc2)c2ccc(C(C)(C)C)cc2)cc1. The van der Waals surface area contributed by atoms with Crippen LogP contribution in [0.5, 0.6) is 0 Å². The molecule has 1 nitrogen and oxygen atoms in total. The second-order valence-corrected chi connectivity index (χ2v) is 8.74. The van der Waals surface area contributed by atoms with Gasteiger partial charge >= 0.3 is 0 Å². The van der Waals surface area contributed by atoms with Crippen LogP contribution in [0.1, 0.15) is 71.1 Å². The van der Waals surface area contributed by atoms with Crippen LogP contribution in [0, 0.1) is 6.92 Å². The molecule has 0 aliphatic carbocycles. The monoisotopic (exact) mass is 401 g/mol. The molecular formula is C29H39N. The van der Waals surface area contributed by atoms with E-state index in [1.54, 1.807) is 0 Å². The van der Waals surface area contributed by atoms with Gasteiger partial charge in [0.05, 0.1) is 0 Å². The van der Waals surface area contributed by atoms with Gasteiger partial charge in [0.1, 0.15) is 0 Å². The molecule has 0 aliphatic heterocycles. The van der Waals surface area contributed by atoms with Gasteiger partial charge in [-0.05, 0) is 72.7 Å². The minimum atomic E-state index is 0.161. The Morgan fingerprint density at radius 3 is 1.53 bits per heavy atom. The topological polar surface area (TPSA) is 3.24 Å². The van der Waals surface area contributed by atoms with E-state index in [2.05, 4.69) is 112 Å². The Labute approximate surface area is 184 Å². The lowest BCUT2D eigenvalue weighted by Crippen LogP contribution is -2.13. The first-order valence-electron chi connectivity index (χ1n) is 11.4. The number of benzene rings is 3. The molecule has 30 heavy (non-hydrogen) atoms. The standard InChI is InChI=1S/C27H33N.C2H6/c1-6-7-8-22-11-17-25(18-12-22)28(24-15-9-21(2)10-16-24)26-19-13-23(14-20-26)27(3,4)5;1-2/h9-20H,6-8H2,1-5H3;1-2H3. The van der Waals surface area contributed by atoms with Gasteiger partial charge in [-0.25, -0.2) is 0 Å². The molecule has 0 aromatic heterocycles. The van der Waals surface area contributed by atoms with Crippen LogP contribution in [-0.2, 0) is 11.8 Å². The number of unbranched alkanes of at least 4 members (excludes halogenated alkanes) is 1. The Balaban J connectivity index is 0.00000155. The molecule has 0 radical (unpaired) electrons. The first-order chi connectivity index (χ1) is 14.4. The fourth-order valence-electron chi connectivity index (χ4n) is 3.44. The highest BCUT2D eigenvalue weighted by molar-refractivity contribution is 5.76. The van der Waals surface area contributed by atoms with E-state index < -0.39 is 0 Å². The Bertz CT molecular complexity index is 866. The van der Waals surface area contributed by atoms with Gasteiger partial charge < -0.3 is 4.90 Å². The predicted molar refractivity (Wildman–Crippen MR) is 135 cm³/mol. The van der Waals surface area contributed by atoms with E-state index in [4.69, 9.17) is 0 Å². The second kappa shape index (κ2) is 11.0. The zero-order valence-electron chi connectivity index (χ0n) is 20.0. The van der Waals surface area contributed by atoms with E-state index >= 15 is 0 Å². The van der Waals surface area contributed by atoms with Crippen molar-refractivity contribution in [2.75, 3.05) is 4.90 Å². The summed E-state index contributed by atoms with van der Waals surface area (Å²) in [4.78, 5) is 2.34. The molecule has 0 saturated carbocycles. The molecule has 0 unspecified atom stereocenters. The summed E-state index contributed by atoms with van der Waals surface area (Å²) in [6.07, 6.45) is 3.63. The van der Waals surface area contributed by atoms with Crippen LogP contribution in [0.3, 0.4) is 0 Å². The van der Waals surface area contributed by atoms with Crippen molar-refractivity contribution in [1.82, 2.24) is 0 Å². The highest BCUT2D eigenvalue weighted by Gasteiger charge is 2.16. The molecule has 0 amide bonds. The summed E-state index contributed by atoms with van der Waals surface area (Å²) in [5, 5.41) is 0. The second-order valence-electron chi connectivity index (χ2n) is 8.74. The number of hydrogen-bond donors (Lipinski definition) is 0. The fourth-order valence-corrected chi connectivity index (χ4v) is 3.44. The van der Waals surface area contributed by atoms with Gasteiger partial charge in [-0.2, -0.15) is 0 Å². The Kier molecular flexibility index (Phi) is 8.72. The summed E-state index contributed by atoms with van der Waals surface area (Å²) < 4.78 is 0. The molecule has 3 aromatic rings. The third-order valence-corrected chi connectivity index (χ3v) is 5.30. The lowest BCUT2D eigenvalue weighted by Gasteiger charge is -2.27. The number of rotatable bonds is 6. The smallest absolute Gasteiger partial charge is 0.0461 e. The zero-order valence-corrected chi connectivity index (χ0v) is 20.0. The van der Waals surface area contributed by atoms with Crippen LogP contribution >= 0.6 is 0 Å². The van der Waals surface area contributed by atoms with Crippen LogP contribution in [0.2, 0.25) is 0 Å². The molecule has 0 aliphatic rings. The van der Waals surface area contributed by atoms with Gasteiger partial charge in [0, 0.05) is 17.1 Å². The van der Waals surface area contributed by atoms with Crippen molar-refractivity contribution >= 4 is 17.1 Å². The molecule has 0 bridgehead atoms. The van der Waals surface area contributed by atoms with Crippen LogP contribution in [0.4, 0.5) is 17.1 Å². The van der Waals surface area contributed by atoms with Crippen molar-refractivity contribution in [1.29, 1.82) is 0 Å². The Morgan fingerprint density at radius 2 is 1.10 bits per heavy atom. The highest BCUT2D eigenvalue weighted by atomic mass is 15.1. The first-order valence-corrected chi connectivity index (χ1v) is 11.4. The maximum atomic E-state index is 2.34. The predicted octanol–water partition coefficient (Wildman–Crippen LogP) is 9.13. The van der Waals surface area contributed by atoms with Crippen LogP contribution in [-0.4, -0.2) is 0 Å². The van der Waals surface area contributed by atoms with Crippen molar-refractivity contribution in [3.8, 4) is 0 Å². The minimum Gasteiger partial charge on any atom is -0.311 e. The molecule has 3 rings (SSSR count). The molecule has 160 valence electrons. The van der Waals surface area contributed by atoms with Gasteiger partial charge in [-0.1, -0.05) is 89.9 Å². The molecule has 1 heteroatoms. The van der Waals surface area contributed by atoms with Gasteiger partial charge in [0.25, 0.3) is 0 Å². The first kappa shape index (κ1) is 23.7. The van der Waals surface area contributed by atoms with E-state index in [1.165, 1.54) is 46.6 Å². The summed E-state index contributed by atoms with van der Waals surface area (Å²) in [5.41, 5.74) is 7.80. The van der Waals surface area contributed by atoms with Gasteiger partial charge in [0.15, 0.2) is 0 Å². The zero-order chi connectivity index (χ0) is 22.1. The summed E-state index contributed by atoms with van der Waals surface area (Å²) in [6, 6.07) is 26.8. The van der Waals surface area contributed by atoms with Crippen molar-refractivity contribution in [2.45, 2.75) is 73.1 Å². The summed E-state index contributed by atoms with van der Waals surface area (Å²) in [6.45, 7) is 15.2. The molecule has 3 aromatic carbocycles. The quantitative estimate of drug-likeness (QED) is 0.398. The lowest BCUT2D eigenvalue weighted by atomic mass is 9.87.